The molecule has 3 aromatic rings. The normalized spacial score (nSPS) is 10.6. The molecule has 5 nitrogen and oxygen atoms in total. The average Bonchev–Trinajstić information content (AvgIpc) is 2.40. The Hall–Kier alpha value is -2.56. The van der Waals surface area contributed by atoms with Gasteiger partial charge in [-0.05, 0) is 23.8 Å². The van der Waals surface area contributed by atoms with Gasteiger partial charge in [0.05, 0.1) is 11.7 Å². The molecule has 0 spiro atoms. The molecule has 3 heterocycles. The average molecular weight is 224 g/mol. The van der Waals surface area contributed by atoms with Crippen molar-refractivity contribution in [2.24, 2.45) is 0 Å². The summed E-state index contributed by atoms with van der Waals surface area (Å²) in [6.45, 7) is 0. The van der Waals surface area contributed by atoms with Crippen molar-refractivity contribution in [2.75, 3.05) is 0 Å². The summed E-state index contributed by atoms with van der Waals surface area (Å²) >= 11 is 0. The molecule has 17 heavy (non-hydrogen) atoms. The molecule has 0 amide bonds. The Morgan fingerprint density at radius 3 is 2.71 bits per heavy atom. The van der Waals surface area contributed by atoms with Gasteiger partial charge >= 0.3 is 0 Å². The third-order valence-corrected chi connectivity index (χ3v) is 2.51. The maximum Gasteiger partial charge on any atom is 0.260 e. The van der Waals surface area contributed by atoms with E-state index in [9.17, 15) is 4.79 Å². The summed E-state index contributed by atoms with van der Waals surface area (Å²) in [6.07, 6.45) is 6.45. The molecule has 1 N–H and O–H groups in total. The quantitative estimate of drug-likeness (QED) is 0.677. The molecule has 0 unspecified atom stereocenters. The van der Waals surface area contributed by atoms with Crippen LogP contribution in [0.25, 0.3) is 22.2 Å². The van der Waals surface area contributed by atoms with Crippen molar-refractivity contribution in [1.82, 2.24) is 19.9 Å². The Kier molecular flexibility index (Phi) is 2.15. The Labute approximate surface area is 96.2 Å². The fourth-order valence-electron chi connectivity index (χ4n) is 1.66. The van der Waals surface area contributed by atoms with Gasteiger partial charge in [-0.15, -0.1) is 0 Å². The summed E-state index contributed by atoms with van der Waals surface area (Å²) < 4.78 is 0. The zero-order chi connectivity index (χ0) is 11.7. The van der Waals surface area contributed by atoms with Crippen molar-refractivity contribution < 1.29 is 0 Å². The second-order valence-corrected chi connectivity index (χ2v) is 3.56. The maximum absolute atomic E-state index is 11.6. The Morgan fingerprint density at radius 1 is 1.06 bits per heavy atom. The molecule has 0 aliphatic rings. The molecule has 0 bridgehead atoms. The number of aromatic nitrogens is 4. The molecule has 0 fully saturated rings. The highest BCUT2D eigenvalue weighted by Crippen LogP contribution is 2.18. The second-order valence-electron chi connectivity index (χ2n) is 3.56. The molecule has 0 atom stereocenters. The Balaban J connectivity index is 2.27. The number of fused-ring (bicyclic) bond motifs is 1. The molecule has 0 saturated heterocycles. The molecule has 3 rings (SSSR count). The van der Waals surface area contributed by atoms with E-state index in [0.717, 1.165) is 11.1 Å². The van der Waals surface area contributed by atoms with Gasteiger partial charge in [-0.25, -0.2) is 9.97 Å². The van der Waals surface area contributed by atoms with Crippen LogP contribution in [0.1, 0.15) is 0 Å². The lowest BCUT2D eigenvalue weighted by Crippen LogP contribution is -2.07. The molecular weight excluding hydrogens is 216 g/mol. The highest BCUT2D eigenvalue weighted by Gasteiger charge is 2.03. The van der Waals surface area contributed by atoms with Crippen molar-refractivity contribution in [3.63, 3.8) is 0 Å². The van der Waals surface area contributed by atoms with Gasteiger partial charge in [-0.1, -0.05) is 0 Å². The molecule has 0 aliphatic carbocycles. The minimum Gasteiger partial charge on any atom is -0.313 e. The van der Waals surface area contributed by atoms with Crippen LogP contribution in [-0.4, -0.2) is 19.9 Å². The summed E-state index contributed by atoms with van der Waals surface area (Å²) in [4.78, 5) is 26.3. The van der Waals surface area contributed by atoms with Crippen LogP contribution in [0.3, 0.4) is 0 Å². The molecule has 0 aromatic carbocycles. The van der Waals surface area contributed by atoms with E-state index in [0.29, 0.717) is 11.0 Å². The minimum atomic E-state index is -0.182. The second kappa shape index (κ2) is 3.79. The molecule has 0 radical (unpaired) electrons. The predicted molar refractivity (Wildman–Crippen MR) is 63.4 cm³/mol. The molecule has 5 heteroatoms. The fraction of sp³-hybridized carbons (Fsp3) is 0. The van der Waals surface area contributed by atoms with Gasteiger partial charge in [0.2, 0.25) is 0 Å². The van der Waals surface area contributed by atoms with Gasteiger partial charge in [0.1, 0.15) is 0 Å². The van der Waals surface area contributed by atoms with Crippen molar-refractivity contribution >= 4 is 11.0 Å². The third kappa shape index (κ3) is 1.67. The lowest BCUT2D eigenvalue weighted by molar-refractivity contribution is 1.14. The van der Waals surface area contributed by atoms with Crippen molar-refractivity contribution in [3.8, 4) is 11.1 Å². The lowest BCUT2D eigenvalue weighted by atomic mass is 10.1. The minimum absolute atomic E-state index is 0.182. The Bertz CT molecular complexity index is 721. The number of pyridine rings is 2. The third-order valence-electron chi connectivity index (χ3n) is 2.51. The SMILES string of the molecule is O=c1[nH]cnc2ncc(-c3ccncc3)cc12. The van der Waals surface area contributed by atoms with Crippen LogP contribution < -0.4 is 5.56 Å². The van der Waals surface area contributed by atoms with E-state index in [1.165, 1.54) is 6.33 Å². The first-order chi connectivity index (χ1) is 8.34. The topological polar surface area (TPSA) is 71.5 Å². The molecule has 82 valence electrons. The maximum atomic E-state index is 11.6. The molecule has 3 aromatic heterocycles. The van der Waals surface area contributed by atoms with Crippen LogP contribution in [0.2, 0.25) is 0 Å². The highest BCUT2D eigenvalue weighted by molar-refractivity contribution is 5.79. The molecular formula is C12H8N4O. The Morgan fingerprint density at radius 2 is 1.88 bits per heavy atom. The number of hydrogen-bond donors (Lipinski definition) is 1. The van der Waals surface area contributed by atoms with Gasteiger partial charge in [0.15, 0.2) is 5.65 Å². The van der Waals surface area contributed by atoms with E-state index in [4.69, 9.17) is 0 Å². The van der Waals surface area contributed by atoms with Crippen LogP contribution in [0, 0.1) is 0 Å². The number of nitrogens with zero attached hydrogens (tertiary/aromatic N) is 3. The predicted octanol–water partition coefficient (Wildman–Crippen LogP) is 1.38. The van der Waals surface area contributed by atoms with E-state index in [1.807, 2.05) is 12.1 Å². The first kappa shape index (κ1) is 9.65. The van der Waals surface area contributed by atoms with Gasteiger partial charge in [-0.3, -0.25) is 9.78 Å². The lowest BCUT2D eigenvalue weighted by Gasteiger charge is -2.01. The number of H-pyrrole nitrogens is 1. The largest absolute Gasteiger partial charge is 0.313 e. The first-order valence-electron chi connectivity index (χ1n) is 5.08. The van der Waals surface area contributed by atoms with E-state index in [-0.39, 0.29) is 5.56 Å². The fourth-order valence-corrected chi connectivity index (χ4v) is 1.66. The van der Waals surface area contributed by atoms with Gasteiger partial charge in [0, 0.05) is 24.2 Å². The smallest absolute Gasteiger partial charge is 0.260 e. The standard InChI is InChI=1S/C12H8N4O/c17-12-10-5-9(8-1-3-13-4-2-8)6-14-11(10)15-7-16-12/h1-7H,(H,14,15,16,17). The highest BCUT2D eigenvalue weighted by atomic mass is 16.1. The summed E-state index contributed by atoms with van der Waals surface area (Å²) in [5.74, 6) is 0. The van der Waals surface area contributed by atoms with Crippen LogP contribution in [0.4, 0.5) is 0 Å². The first-order valence-corrected chi connectivity index (χ1v) is 5.08. The zero-order valence-corrected chi connectivity index (χ0v) is 8.79. The van der Waals surface area contributed by atoms with Crippen LogP contribution in [0.15, 0.2) is 47.9 Å². The molecule has 0 aliphatic heterocycles. The zero-order valence-electron chi connectivity index (χ0n) is 8.79. The van der Waals surface area contributed by atoms with E-state index >= 15 is 0 Å². The number of aromatic amines is 1. The van der Waals surface area contributed by atoms with E-state index < -0.39 is 0 Å². The summed E-state index contributed by atoms with van der Waals surface area (Å²) in [5, 5.41) is 0.488. The summed E-state index contributed by atoms with van der Waals surface area (Å²) in [7, 11) is 0. The monoisotopic (exact) mass is 224 g/mol. The number of nitrogens with one attached hydrogen (secondary N) is 1. The van der Waals surface area contributed by atoms with Gasteiger partial charge < -0.3 is 4.98 Å². The van der Waals surface area contributed by atoms with Gasteiger partial charge in [-0.2, -0.15) is 0 Å². The molecule has 0 saturated carbocycles. The van der Waals surface area contributed by atoms with Crippen LogP contribution in [0.5, 0.6) is 0 Å². The van der Waals surface area contributed by atoms with Crippen molar-refractivity contribution in [1.29, 1.82) is 0 Å². The van der Waals surface area contributed by atoms with Crippen molar-refractivity contribution in [3.05, 3.63) is 53.5 Å². The number of hydrogen-bond acceptors (Lipinski definition) is 4. The summed E-state index contributed by atoms with van der Waals surface area (Å²) in [6, 6.07) is 5.52. The van der Waals surface area contributed by atoms with E-state index in [1.54, 1.807) is 24.7 Å². The van der Waals surface area contributed by atoms with Crippen LogP contribution in [-0.2, 0) is 0 Å². The van der Waals surface area contributed by atoms with Crippen LogP contribution >= 0.6 is 0 Å². The van der Waals surface area contributed by atoms with Crippen molar-refractivity contribution in [2.45, 2.75) is 0 Å². The van der Waals surface area contributed by atoms with E-state index in [2.05, 4.69) is 19.9 Å². The van der Waals surface area contributed by atoms with Gasteiger partial charge in [0.25, 0.3) is 5.56 Å². The summed E-state index contributed by atoms with van der Waals surface area (Å²) in [5.41, 5.74) is 2.11. The number of rotatable bonds is 1.